The summed E-state index contributed by atoms with van der Waals surface area (Å²) in [4.78, 5) is 26.5. The summed E-state index contributed by atoms with van der Waals surface area (Å²) in [6.07, 6.45) is 27.5. The van der Waals surface area contributed by atoms with Gasteiger partial charge in [-0.2, -0.15) is 0 Å². The Morgan fingerprint density at radius 2 is 1.02 bits per heavy atom. The van der Waals surface area contributed by atoms with Crippen molar-refractivity contribution < 1.29 is 34.0 Å². The van der Waals surface area contributed by atoms with Crippen LogP contribution < -0.4 is 0 Å². The fraction of sp³-hybridized carbons (Fsp3) is 0.950. The molecule has 0 fully saturated rings. The van der Waals surface area contributed by atoms with Crippen LogP contribution in [0, 0.1) is 0 Å². The van der Waals surface area contributed by atoms with Gasteiger partial charge in [0, 0.05) is 26.1 Å². The largest absolute Gasteiger partial charge is 0.508 e. The molecular weight excluding hydrogens is 606 g/mol. The first-order valence-electron chi connectivity index (χ1n) is 20.5. The predicted octanol–water partition coefficient (Wildman–Crippen LogP) is 10.3. The van der Waals surface area contributed by atoms with E-state index in [2.05, 4.69) is 25.7 Å². The lowest BCUT2D eigenvalue weighted by Crippen LogP contribution is -2.34. The number of ether oxygens (including phenoxy) is 3. The van der Waals surface area contributed by atoms with E-state index >= 15 is 0 Å². The molecule has 0 aliphatic heterocycles. The SMILES string of the molecule is CCCCCCCCC(CCCCCCCC)OC(=O)CCCCCC(O)CN(CCCO)CCCCCCOC(=O)OCCCCC. The van der Waals surface area contributed by atoms with Gasteiger partial charge in [0.1, 0.15) is 6.10 Å². The molecule has 0 aromatic heterocycles. The van der Waals surface area contributed by atoms with Crippen LogP contribution in [0.5, 0.6) is 0 Å². The molecule has 0 aliphatic rings. The van der Waals surface area contributed by atoms with Crippen LogP contribution in [-0.4, -0.2) is 78.9 Å². The average molecular weight is 686 g/mol. The van der Waals surface area contributed by atoms with Crippen LogP contribution in [0.25, 0.3) is 0 Å². The van der Waals surface area contributed by atoms with Gasteiger partial charge in [-0.1, -0.05) is 124 Å². The third-order valence-electron chi connectivity index (χ3n) is 9.13. The number of esters is 1. The van der Waals surface area contributed by atoms with Gasteiger partial charge in [0.2, 0.25) is 0 Å². The van der Waals surface area contributed by atoms with E-state index < -0.39 is 12.3 Å². The second kappa shape index (κ2) is 36.9. The van der Waals surface area contributed by atoms with Crippen molar-refractivity contribution >= 4 is 12.1 Å². The highest BCUT2D eigenvalue weighted by Crippen LogP contribution is 2.18. The number of aliphatic hydroxyl groups is 2. The summed E-state index contributed by atoms with van der Waals surface area (Å²) in [5.74, 6) is -0.0541. The second-order valence-corrected chi connectivity index (χ2v) is 13.9. The molecule has 0 saturated carbocycles. The lowest BCUT2D eigenvalue weighted by Gasteiger charge is -2.25. The van der Waals surface area contributed by atoms with Crippen molar-refractivity contribution in [2.24, 2.45) is 0 Å². The van der Waals surface area contributed by atoms with Gasteiger partial charge in [-0.15, -0.1) is 0 Å². The zero-order chi connectivity index (χ0) is 35.3. The van der Waals surface area contributed by atoms with Gasteiger partial charge in [0.05, 0.1) is 19.3 Å². The average Bonchev–Trinajstić information content (AvgIpc) is 3.07. The maximum atomic E-state index is 12.7. The maximum absolute atomic E-state index is 12.7. The Bertz CT molecular complexity index is 676. The Morgan fingerprint density at radius 3 is 1.62 bits per heavy atom. The first kappa shape index (κ1) is 46.6. The van der Waals surface area contributed by atoms with Crippen LogP contribution in [0.1, 0.15) is 194 Å². The Balaban J connectivity index is 4.21. The molecule has 0 aliphatic carbocycles. The molecule has 2 N–H and O–H groups in total. The highest BCUT2D eigenvalue weighted by Gasteiger charge is 2.15. The standard InChI is InChI=1S/C40H79NO7/c1-4-7-10-12-14-20-28-38(29-21-15-13-11-8-5-2)48-39(44)30-22-18-19-27-37(43)36-41(32-26-33-42)31-23-16-17-25-35-47-40(45)46-34-24-9-6-3/h37-38,42-43H,4-36H2,1-3H3. The van der Waals surface area contributed by atoms with Gasteiger partial charge in [-0.25, -0.2) is 4.79 Å². The molecule has 1 atom stereocenters. The van der Waals surface area contributed by atoms with Gasteiger partial charge < -0.3 is 29.3 Å². The summed E-state index contributed by atoms with van der Waals surface area (Å²) in [6.45, 7) is 9.81. The summed E-state index contributed by atoms with van der Waals surface area (Å²) >= 11 is 0. The Morgan fingerprint density at radius 1 is 0.562 bits per heavy atom. The quantitative estimate of drug-likeness (QED) is 0.0492. The van der Waals surface area contributed by atoms with Crippen molar-refractivity contribution in [3.8, 4) is 0 Å². The van der Waals surface area contributed by atoms with Gasteiger partial charge in [0.15, 0.2) is 0 Å². The number of nitrogens with zero attached hydrogens (tertiary/aromatic N) is 1. The molecule has 0 spiro atoms. The predicted molar refractivity (Wildman–Crippen MR) is 198 cm³/mol. The molecule has 286 valence electrons. The smallest absolute Gasteiger partial charge is 0.462 e. The Hall–Kier alpha value is -1.38. The molecule has 0 amide bonds. The van der Waals surface area contributed by atoms with Crippen molar-refractivity contribution in [1.29, 1.82) is 0 Å². The molecule has 0 bridgehead atoms. The minimum atomic E-state index is -0.568. The van der Waals surface area contributed by atoms with Gasteiger partial charge in [0.25, 0.3) is 0 Å². The van der Waals surface area contributed by atoms with Crippen molar-refractivity contribution in [2.75, 3.05) is 39.5 Å². The second-order valence-electron chi connectivity index (χ2n) is 13.9. The van der Waals surface area contributed by atoms with E-state index in [1.807, 2.05) is 0 Å². The van der Waals surface area contributed by atoms with E-state index in [0.717, 1.165) is 109 Å². The third kappa shape index (κ3) is 33.1. The minimum absolute atomic E-state index is 0.0541. The van der Waals surface area contributed by atoms with E-state index in [0.29, 0.717) is 32.6 Å². The molecule has 48 heavy (non-hydrogen) atoms. The normalized spacial score (nSPS) is 12.1. The van der Waals surface area contributed by atoms with Crippen molar-refractivity contribution in [2.45, 2.75) is 206 Å². The molecule has 0 aromatic carbocycles. The lowest BCUT2D eigenvalue weighted by atomic mass is 10.0. The van der Waals surface area contributed by atoms with Gasteiger partial charge in [-0.05, 0) is 70.8 Å². The molecule has 8 nitrogen and oxygen atoms in total. The molecule has 1 unspecified atom stereocenters. The van der Waals surface area contributed by atoms with E-state index in [9.17, 15) is 19.8 Å². The van der Waals surface area contributed by atoms with Crippen LogP contribution in [0.4, 0.5) is 4.79 Å². The first-order valence-corrected chi connectivity index (χ1v) is 20.5. The number of carbonyl (C=O) groups excluding carboxylic acids is 2. The molecule has 0 saturated heterocycles. The summed E-state index contributed by atoms with van der Waals surface area (Å²) in [5.41, 5.74) is 0. The highest BCUT2D eigenvalue weighted by molar-refractivity contribution is 5.69. The van der Waals surface area contributed by atoms with E-state index in [1.54, 1.807) is 0 Å². The van der Waals surface area contributed by atoms with E-state index in [4.69, 9.17) is 14.2 Å². The zero-order valence-electron chi connectivity index (χ0n) is 31.9. The first-order chi connectivity index (χ1) is 23.5. The Labute approximate surface area is 296 Å². The number of aliphatic hydroxyl groups excluding tert-OH is 2. The van der Waals surface area contributed by atoms with Gasteiger partial charge >= 0.3 is 12.1 Å². The monoisotopic (exact) mass is 686 g/mol. The van der Waals surface area contributed by atoms with Crippen LogP contribution in [0.15, 0.2) is 0 Å². The minimum Gasteiger partial charge on any atom is -0.462 e. The number of rotatable bonds is 37. The topological polar surface area (TPSA) is 106 Å². The maximum Gasteiger partial charge on any atom is 0.508 e. The zero-order valence-corrected chi connectivity index (χ0v) is 31.9. The van der Waals surface area contributed by atoms with Crippen LogP contribution in [0.2, 0.25) is 0 Å². The molecule has 0 radical (unpaired) electrons. The van der Waals surface area contributed by atoms with Crippen LogP contribution in [-0.2, 0) is 19.0 Å². The van der Waals surface area contributed by atoms with Gasteiger partial charge in [-0.3, -0.25) is 4.79 Å². The van der Waals surface area contributed by atoms with Crippen LogP contribution >= 0.6 is 0 Å². The summed E-state index contributed by atoms with van der Waals surface area (Å²) in [6, 6.07) is 0. The van der Waals surface area contributed by atoms with Crippen molar-refractivity contribution in [1.82, 2.24) is 4.90 Å². The summed E-state index contributed by atoms with van der Waals surface area (Å²) in [7, 11) is 0. The van der Waals surface area contributed by atoms with Crippen LogP contribution in [0.3, 0.4) is 0 Å². The molecule has 0 rings (SSSR count). The van der Waals surface area contributed by atoms with E-state index in [1.165, 1.54) is 64.2 Å². The number of carbonyl (C=O) groups is 2. The molecule has 0 heterocycles. The molecule has 0 aromatic rings. The summed E-state index contributed by atoms with van der Waals surface area (Å²) < 4.78 is 16.2. The molecule has 8 heteroatoms. The van der Waals surface area contributed by atoms with Crippen molar-refractivity contribution in [3.63, 3.8) is 0 Å². The highest BCUT2D eigenvalue weighted by atomic mass is 16.7. The number of hydrogen-bond acceptors (Lipinski definition) is 8. The third-order valence-corrected chi connectivity index (χ3v) is 9.13. The number of hydrogen-bond donors (Lipinski definition) is 2. The fourth-order valence-corrected chi connectivity index (χ4v) is 6.11. The Kier molecular flexibility index (Phi) is 35.8. The number of unbranched alkanes of at least 4 members (excludes halogenated alkanes) is 17. The van der Waals surface area contributed by atoms with E-state index in [-0.39, 0.29) is 18.7 Å². The lowest BCUT2D eigenvalue weighted by molar-refractivity contribution is -0.150. The molecular formula is C40H79NO7. The fourth-order valence-electron chi connectivity index (χ4n) is 6.11. The van der Waals surface area contributed by atoms with Crippen molar-refractivity contribution in [3.05, 3.63) is 0 Å². The summed E-state index contributed by atoms with van der Waals surface area (Å²) in [5, 5.41) is 20.0.